The minimum atomic E-state index is 0. The van der Waals surface area contributed by atoms with E-state index in [1.807, 2.05) is 19.1 Å². The number of aldehydes is 1. The van der Waals surface area contributed by atoms with Crippen LogP contribution in [-0.4, -0.2) is 40.8 Å². The van der Waals surface area contributed by atoms with Crippen LogP contribution < -0.4 is 0 Å². The van der Waals surface area contributed by atoms with Crippen molar-refractivity contribution >= 4 is 35.8 Å². The molecule has 0 spiro atoms. The molecule has 2 nitrogen and oxygen atoms in total. The van der Waals surface area contributed by atoms with Crippen LogP contribution in [0.25, 0.3) is 0 Å². The summed E-state index contributed by atoms with van der Waals surface area (Å²) in [7, 11) is 0. The fourth-order valence-electron chi connectivity index (χ4n) is 0.939. The van der Waals surface area contributed by atoms with Gasteiger partial charge >= 0.3 is 29.6 Å². The average molecular weight is 173 g/mol. The van der Waals surface area contributed by atoms with E-state index in [-0.39, 0.29) is 35.5 Å². The molecule has 0 N–H and O–H groups in total. The van der Waals surface area contributed by atoms with E-state index in [0.717, 1.165) is 18.3 Å². The first kappa shape index (κ1) is 11.8. The van der Waals surface area contributed by atoms with Crippen molar-refractivity contribution in [1.29, 1.82) is 0 Å². The Morgan fingerprint density at radius 2 is 2.42 bits per heavy atom. The molecule has 1 heterocycles. The molecular weight excluding hydrogens is 161 g/mol. The van der Waals surface area contributed by atoms with E-state index in [2.05, 4.69) is 4.98 Å². The van der Waals surface area contributed by atoms with E-state index in [1.54, 1.807) is 12.4 Å². The second-order valence-electron chi connectivity index (χ2n) is 2.68. The Morgan fingerprint density at radius 1 is 1.67 bits per heavy atom. The number of pyridine rings is 1. The summed E-state index contributed by atoms with van der Waals surface area (Å²) < 4.78 is 0. The number of carbonyl (C=O) groups excluding carboxylic acids is 1. The van der Waals surface area contributed by atoms with Gasteiger partial charge in [-0.1, -0.05) is 13.0 Å². The molecule has 1 aromatic heterocycles. The molecule has 0 aliphatic carbocycles. The van der Waals surface area contributed by atoms with Gasteiger partial charge in [0.25, 0.3) is 0 Å². The SMILES string of the molecule is CC(C=O)Cc1cccnc1.[NaH]. The molecule has 0 aliphatic rings. The van der Waals surface area contributed by atoms with Gasteiger partial charge < -0.3 is 4.79 Å². The number of aromatic nitrogens is 1. The second kappa shape index (κ2) is 6.35. The number of hydrogen-bond acceptors (Lipinski definition) is 2. The van der Waals surface area contributed by atoms with Gasteiger partial charge in [0.2, 0.25) is 0 Å². The number of rotatable bonds is 3. The molecule has 0 radical (unpaired) electrons. The predicted octanol–water partition coefficient (Wildman–Crippen LogP) is 0.811. The van der Waals surface area contributed by atoms with Crippen molar-refractivity contribution in [3.63, 3.8) is 0 Å². The molecule has 0 amide bonds. The minimum absolute atomic E-state index is 0. The quantitative estimate of drug-likeness (QED) is 0.500. The molecule has 12 heavy (non-hydrogen) atoms. The van der Waals surface area contributed by atoms with Gasteiger partial charge in [0.05, 0.1) is 0 Å². The summed E-state index contributed by atoms with van der Waals surface area (Å²) in [6.07, 6.45) is 5.28. The van der Waals surface area contributed by atoms with Gasteiger partial charge in [0, 0.05) is 18.3 Å². The zero-order valence-electron chi connectivity index (χ0n) is 6.53. The molecule has 3 heteroatoms. The third-order valence-electron chi connectivity index (χ3n) is 1.51. The van der Waals surface area contributed by atoms with Crippen molar-refractivity contribution in [3.05, 3.63) is 30.1 Å². The number of nitrogens with zero attached hydrogens (tertiary/aromatic N) is 1. The summed E-state index contributed by atoms with van der Waals surface area (Å²) in [5.41, 5.74) is 1.12. The molecule has 60 valence electrons. The van der Waals surface area contributed by atoms with Gasteiger partial charge in [0.1, 0.15) is 6.29 Å². The molecule has 0 saturated heterocycles. The Labute approximate surface area is 94.7 Å². The third-order valence-corrected chi connectivity index (χ3v) is 1.51. The van der Waals surface area contributed by atoms with Gasteiger partial charge in [-0.2, -0.15) is 0 Å². The van der Waals surface area contributed by atoms with Gasteiger partial charge in [-0.25, -0.2) is 0 Å². The monoisotopic (exact) mass is 173 g/mol. The van der Waals surface area contributed by atoms with Crippen LogP contribution in [0.3, 0.4) is 0 Å². The molecule has 1 aromatic rings. The molecule has 1 atom stereocenters. The predicted molar refractivity (Wildman–Crippen MR) is 50.3 cm³/mol. The van der Waals surface area contributed by atoms with Gasteiger partial charge in [-0.3, -0.25) is 4.98 Å². The van der Waals surface area contributed by atoms with Crippen LogP contribution in [0.2, 0.25) is 0 Å². The van der Waals surface area contributed by atoms with Crippen LogP contribution in [0.15, 0.2) is 24.5 Å². The molecule has 0 saturated carbocycles. The Morgan fingerprint density at radius 3 is 2.92 bits per heavy atom. The van der Waals surface area contributed by atoms with E-state index in [0.29, 0.717) is 0 Å². The fourth-order valence-corrected chi connectivity index (χ4v) is 0.939. The third kappa shape index (κ3) is 4.00. The van der Waals surface area contributed by atoms with E-state index in [1.165, 1.54) is 0 Å². The van der Waals surface area contributed by atoms with E-state index in [4.69, 9.17) is 0 Å². The van der Waals surface area contributed by atoms with Crippen molar-refractivity contribution in [3.8, 4) is 0 Å². The van der Waals surface area contributed by atoms with Crippen molar-refractivity contribution in [2.24, 2.45) is 5.92 Å². The Bertz CT molecular complexity index is 225. The van der Waals surface area contributed by atoms with Gasteiger partial charge in [-0.15, -0.1) is 0 Å². The van der Waals surface area contributed by atoms with Crippen LogP contribution in [-0.2, 0) is 11.2 Å². The molecular formula is C9H12NNaO. The van der Waals surface area contributed by atoms with Crippen LogP contribution in [0.4, 0.5) is 0 Å². The first-order valence-corrected chi connectivity index (χ1v) is 3.67. The second-order valence-corrected chi connectivity index (χ2v) is 2.68. The zero-order valence-corrected chi connectivity index (χ0v) is 6.53. The number of carbonyl (C=O) groups is 1. The standard InChI is InChI=1S/C9H11NO.Na.H/c1-8(7-11)5-9-3-2-4-10-6-9;;/h2-4,6-8H,5H2,1H3;;. The first-order chi connectivity index (χ1) is 5.33. The Hall–Kier alpha value is -0.180. The fraction of sp³-hybridized carbons (Fsp3) is 0.333. The Kier molecular flexibility index (Phi) is 6.25. The zero-order chi connectivity index (χ0) is 8.10. The Balaban J connectivity index is 0.00000121. The van der Waals surface area contributed by atoms with Gasteiger partial charge in [0.15, 0.2) is 0 Å². The van der Waals surface area contributed by atoms with Crippen molar-refractivity contribution in [2.75, 3.05) is 0 Å². The van der Waals surface area contributed by atoms with Crippen LogP contribution in [0.5, 0.6) is 0 Å². The molecule has 1 rings (SSSR count). The van der Waals surface area contributed by atoms with Crippen LogP contribution in [0.1, 0.15) is 12.5 Å². The molecule has 0 aliphatic heterocycles. The maximum atomic E-state index is 10.3. The summed E-state index contributed by atoms with van der Waals surface area (Å²) in [6, 6.07) is 3.86. The summed E-state index contributed by atoms with van der Waals surface area (Å²) in [5, 5.41) is 0. The number of hydrogen-bond donors (Lipinski definition) is 0. The molecule has 0 bridgehead atoms. The normalized spacial score (nSPS) is 11.4. The summed E-state index contributed by atoms with van der Waals surface area (Å²) in [6.45, 7) is 1.90. The first-order valence-electron chi connectivity index (χ1n) is 3.67. The van der Waals surface area contributed by atoms with Crippen molar-refractivity contribution in [1.82, 2.24) is 4.98 Å². The summed E-state index contributed by atoms with van der Waals surface area (Å²) in [5.74, 6) is 0.0965. The summed E-state index contributed by atoms with van der Waals surface area (Å²) in [4.78, 5) is 14.2. The molecule has 1 unspecified atom stereocenters. The van der Waals surface area contributed by atoms with E-state index < -0.39 is 0 Å². The van der Waals surface area contributed by atoms with Crippen LogP contribution >= 0.6 is 0 Å². The van der Waals surface area contributed by atoms with Gasteiger partial charge in [-0.05, 0) is 18.1 Å². The van der Waals surface area contributed by atoms with E-state index >= 15 is 0 Å². The van der Waals surface area contributed by atoms with Crippen LogP contribution in [0, 0.1) is 5.92 Å². The van der Waals surface area contributed by atoms with Crippen molar-refractivity contribution < 1.29 is 4.79 Å². The molecule has 0 fully saturated rings. The van der Waals surface area contributed by atoms with E-state index in [9.17, 15) is 4.79 Å². The average Bonchev–Trinajstić information content (AvgIpc) is 2.06. The maximum absolute atomic E-state index is 10.3. The van der Waals surface area contributed by atoms with Crippen molar-refractivity contribution in [2.45, 2.75) is 13.3 Å². The molecule has 0 aromatic carbocycles. The summed E-state index contributed by atoms with van der Waals surface area (Å²) >= 11 is 0. The topological polar surface area (TPSA) is 30.0 Å².